The maximum absolute atomic E-state index is 12.2. The highest BCUT2D eigenvalue weighted by atomic mass is 35.5. The summed E-state index contributed by atoms with van der Waals surface area (Å²) in [5.41, 5.74) is 8.06. The minimum atomic E-state index is -0.264. The Morgan fingerprint density at radius 3 is 2.45 bits per heavy atom. The molecule has 0 aliphatic heterocycles. The monoisotopic (exact) mass is 341 g/mol. The molecule has 0 spiro atoms. The number of halogens is 2. The second-order valence-corrected chi connectivity index (χ2v) is 4.83. The Balaban J connectivity index is 0.00000220. The summed E-state index contributed by atoms with van der Waals surface area (Å²) >= 11 is 0. The first-order valence-corrected chi connectivity index (χ1v) is 6.60. The van der Waals surface area contributed by atoms with Gasteiger partial charge < -0.3 is 10.6 Å². The summed E-state index contributed by atoms with van der Waals surface area (Å²) in [6, 6.07) is 13.2. The van der Waals surface area contributed by atoms with Crippen LogP contribution in [0.4, 0.5) is 0 Å². The largest absolute Gasteiger partial charge is 0.341 e. The van der Waals surface area contributed by atoms with E-state index in [9.17, 15) is 4.79 Å². The van der Waals surface area contributed by atoms with E-state index >= 15 is 0 Å². The van der Waals surface area contributed by atoms with Crippen LogP contribution in [0.2, 0.25) is 0 Å². The number of amides is 1. The molecule has 1 aromatic carbocycles. The normalized spacial score (nSPS) is 10.8. The third-order valence-electron chi connectivity index (χ3n) is 3.19. The number of hydrogen-bond acceptors (Lipinski definition) is 3. The lowest BCUT2D eigenvalue weighted by molar-refractivity contribution is -0.130. The number of hydrogen-bond donors (Lipinski definition) is 1. The molecule has 0 saturated carbocycles. The Morgan fingerprint density at radius 2 is 1.86 bits per heavy atom. The lowest BCUT2D eigenvalue weighted by atomic mass is 10.0. The number of benzene rings is 1. The van der Waals surface area contributed by atoms with E-state index in [-0.39, 0.29) is 36.8 Å². The van der Waals surface area contributed by atoms with E-state index in [1.54, 1.807) is 24.3 Å². The summed E-state index contributed by atoms with van der Waals surface area (Å²) in [6.07, 6.45) is 3.79. The molecule has 120 valence electrons. The van der Waals surface area contributed by atoms with Crippen LogP contribution in [-0.2, 0) is 11.3 Å². The van der Waals surface area contributed by atoms with Crippen molar-refractivity contribution in [2.24, 2.45) is 5.73 Å². The number of pyridine rings is 1. The highest BCUT2D eigenvalue weighted by Gasteiger charge is 2.15. The first-order valence-electron chi connectivity index (χ1n) is 6.60. The van der Waals surface area contributed by atoms with Crippen LogP contribution in [0.25, 0.3) is 0 Å². The van der Waals surface area contributed by atoms with Gasteiger partial charge in [0.05, 0.1) is 0 Å². The molecule has 0 bridgehead atoms. The van der Waals surface area contributed by atoms with Crippen LogP contribution in [-0.4, -0.2) is 22.8 Å². The minimum Gasteiger partial charge on any atom is -0.341 e. The second-order valence-electron chi connectivity index (χ2n) is 4.83. The topological polar surface area (TPSA) is 59.2 Å². The average Bonchev–Trinajstić information content (AvgIpc) is 2.49. The number of nitrogens with two attached hydrogens (primary N) is 1. The molecule has 0 aliphatic carbocycles. The van der Waals surface area contributed by atoms with Gasteiger partial charge in [-0.25, -0.2) is 0 Å². The lowest BCUT2D eigenvalue weighted by Gasteiger charge is -2.19. The molecule has 0 aliphatic rings. The molecule has 0 fully saturated rings. The van der Waals surface area contributed by atoms with Gasteiger partial charge in [-0.05, 0) is 17.2 Å². The maximum atomic E-state index is 12.2. The summed E-state index contributed by atoms with van der Waals surface area (Å²) in [7, 11) is 1.78. The molecule has 0 radical (unpaired) electrons. The van der Waals surface area contributed by atoms with Gasteiger partial charge in [0.1, 0.15) is 0 Å². The average molecular weight is 342 g/mol. The molecule has 0 saturated heterocycles. The van der Waals surface area contributed by atoms with E-state index in [1.165, 1.54) is 0 Å². The third kappa shape index (κ3) is 6.02. The van der Waals surface area contributed by atoms with Crippen molar-refractivity contribution in [1.29, 1.82) is 0 Å². The smallest absolute Gasteiger partial charge is 0.224 e. The van der Waals surface area contributed by atoms with Crippen LogP contribution in [0.15, 0.2) is 54.9 Å². The van der Waals surface area contributed by atoms with Crippen LogP contribution < -0.4 is 5.73 Å². The lowest BCUT2D eigenvalue weighted by Crippen LogP contribution is -2.29. The van der Waals surface area contributed by atoms with E-state index in [0.29, 0.717) is 13.0 Å². The SMILES string of the molecule is CN(Cc1cccnc1)C(=O)CC(N)c1ccccc1.Cl.Cl. The Morgan fingerprint density at radius 1 is 1.18 bits per heavy atom. The molecule has 1 atom stereocenters. The van der Waals surface area contributed by atoms with E-state index in [4.69, 9.17) is 5.73 Å². The Labute approximate surface area is 143 Å². The molecule has 2 N–H and O–H groups in total. The van der Waals surface area contributed by atoms with Gasteiger partial charge in [-0.2, -0.15) is 0 Å². The van der Waals surface area contributed by atoms with Gasteiger partial charge in [0.25, 0.3) is 0 Å². The van der Waals surface area contributed by atoms with Crippen LogP contribution in [0.1, 0.15) is 23.6 Å². The van der Waals surface area contributed by atoms with Crippen LogP contribution in [0.3, 0.4) is 0 Å². The van der Waals surface area contributed by atoms with Crippen molar-refractivity contribution >= 4 is 30.7 Å². The minimum absolute atomic E-state index is 0. The zero-order valence-corrected chi connectivity index (χ0v) is 14.0. The highest BCUT2D eigenvalue weighted by molar-refractivity contribution is 5.85. The molecule has 1 unspecified atom stereocenters. The first kappa shape index (κ1) is 20.4. The first-order chi connectivity index (χ1) is 9.66. The molecular formula is C16H21Cl2N3O. The molecule has 4 nitrogen and oxygen atoms in total. The summed E-state index contributed by atoms with van der Waals surface area (Å²) < 4.78 is 0. The van der Waals surface area contributed by atoms with Gasteiger partial charge in [-0.1, -0.05) is 36.4 Å². The standard InChI is InChI=1S/C16H19N3O.2ClH/c1-19(12-13-6-5-9-18-11-13)16(20)10-15(17)14-7-3-2-4-8-14;;/h2-9,11,15H,10,12,17H2,1H3;2*1H. The van der Waals surface area contributed by atoms with Crippen LogP contribution in [0, 0.1) is 0 Å². The van der Waals surface area contributed by atoms with Crippen molar-refractivity contribution in [2.75, 3.05) is 7.05 Å². The summed E-state index contributed by atoms with van der Waals surface area (Å²) in [4.78, 5) is 17.9. The van der Waals surface area contributed by atoms with Gasteiger partial charge in [0.15, 0.2) is 0 Å². The molecule has 2 rings (SSSR count). The van der Waals surface area contributed by atoms with E-state index in [2.05, 4.69) is 4.98 Å². The van der Waals surface area contributed by atoms with Crippen molar-refractivity contribution in [3.8, 4) is 0 Å². The molecule has 2 aromatic rings. The fourth-order valence-electron chi connectivity index (χ4n) is 2.02. The van der Waals surface area contributed by atoms with Gasteiger partial charge in [0, 0.05) is 38.4 Å². The molecule has 22 heavy (non-hydrogen) atoms. The third-order valence-corrected chi connectivity index (χ3v) is 3.19. The summed E-state index contributed by atoms with van der Waals surface area (Å²) in [5, 5.41) is 0. The van der Waals surface area contributed by atoms with Crippen LogP contribution >= 0.6 is 24.8 Å². The van der Waals surface area contributed by atoms with E-state index in [0.717, 1.165) is 11.1 Å². The van der Waals surface area contributed by atoms with E-state index < -0.39 is 0 Å². The Bertz CT molecular complexity index is 552. The number of aromatic nitrogens is 1. The van der Waals surface area contributed by atoms with Gasteiger partial charge >= 0.3 is 0 Å². The molecule has 1 amide bonds. The van der Waals surface area contributed by atoms with Gasteiger partial charge in [0.2, 0.25) is 5.91 Å². The van der Waals surface area contributed by atoms with Crippen LogP contribution in [0.5, 0.6) is 0 Å². The number of nitrogens with zero attached hydrogens (tertiary/aromatic N) is 2. The molecule has 1 heterocycles. The maximum Gasteiger partial charge on any atom is 0.224 e. The Kier molecular flexibility index (Phi) is 9.42. The van der Waals surface area contributed by atoms with Crippen molar-refractivity contribution in [3.05, 3.63) is 66.0 Å². The summed E-state index contributed by atoms with van der Waals surface area (Å²) in [6.45, 7) is 0.550. The molecular weight excluding hydrogens is 321 g/mol. The van der Waals surface area contributed by atoms with Gasteiger partial charge in [-0.15, -0.1) is 24.8 Å². The predicted molar refractivity (Wildman–Crippen MR) is 93.2 cm³/mol. The second kappa shape index (κ2) is 10.2. The Hall–Kier alpha value is -1.62. The number of carbonyl (C=O) groups is 1. The molecule has 6 heteroatoms. The van der Waals surface area contributed by atoms with Crippen molar-refractivity contribution in [2.45, 2.75) is 19.0 Å². The quantitative estimate of drug-likeness (QED) is 0.909. The summed E-state index contributed by atoms with van der Waals surface area (Å²) in [5.74, 6) is 0.0326. The predicted octanol–water partition coefficient (Wildman–Crippen LogP) is 2.97. The van der Waals surface area contributed by atoms with Crippen molar-refractivity contribution in [1.82, 2.24) is 9.88 Å². The fraction of sp³-hybridized carbons (Fsp3) is 0.250. The van der Waals surface area contributed by atoms with E-state index in [1.807, 2.05) is 42.5 Å². The zero-order chi connectivity index (χ0) is 14.4. The zero-order valence-electron chi connectivity index (χ0n) is 12.4. The molecule has 1 aromatic heterocycles. The van der Waals surface area contributed by atoms with Crippen molar-refractivity contribution in [3.63, 3.8) is 0 Å². The van der Waals surface area contributed by atoms with Gasteiger partial charge in [-0.3, -0.25) is 9.78 Å². The number of rotatable bonds is 5. The number of carbonyl (C=O) groups excluding carboxylic acids is 1. The van der Waals surface area contributed by atoms with Crippen molar-refractivity contribution < 1.29 is 4.79 Å². The highest BCUT2D eigenvalue weighted by Crippen LogP contribution is 2.15. The fourth-order valence-corrected chi connectivity index (χ4v) is 2.02.